The highest BCUT2D eigenvalue weighted by Gasteiger charge is 2.58. The Morgan fingerprint density at radius 1 is 1.24 bits per heavy atom. The van der Waals surface area contributed by atoms with Gasteiger partial charge in [-0.1, -0.05) is 30.3 Å². The molecule has 2 aliphatic heterocycles. The third-order valence-electron chi connectivity index (χ3n) is 4.62. The van der Waals surface area contributed by atoms with Gasteiger partial charge in [-0.05, 0) is 30.2 Å². The number of hydrogen-bond acceptors (Lipinski definition) is 2. The fourth-order valence-corrected chi connectivity index (χ4v) is 3.68. The topological polar surface area (TPSA) is 44.1 Å². The van der Waals surface area contributed by atoms with E-state index in [0.29, 0.717) is 11.3 Å². The third kappa shape index (κ3) is 1.20. The van der Waals surface area contributed by atoms with Crippen LogP contribution in [0.5, 0.6) is 0 Å². The van der Waals surface area contributed by atoms with E-state index in [1.165, 1.54) is 6.07 Å². The zero-order valence-electron chi connectivity index (χ0n) is 11.3. The molecule has 3 nitrogen and oxygen atoms in total. The lowest BCUT2D eigenvalue weighted by Crippen LogP contribution is -2.40. The minimum atomic E-state index is -0.840. The van der Waals surface area contributed by atoms with Crippen molar-refractivity contribution in [3.63, 3.8) is 0 Å². The lowest BCUT2D eigenvalue weighted by Gasteiger charge is -2.31. The maximum atomic E-state index is 14.1. The molecule has 0 unspecified atom stereocenters. The van der Waals surface area contributed by atoms with Crippen LogP contribution in [0.1, 0.15) is 34.3 Å². The van der Waals surface area contributed by atoms with Gasteiger partial charge in [0, 0.05) is 5.69 Å². The second-order valence-electron chi connectivity index (χ2n) is 5.57. The summed E-state index contributed by atoms with van der Waals surface area (Å²) in [4.78, 5) is 14.3. The Labute approximate surface area is 121 Å². The first-order valence-corrected chi connectivity index (χ1v) is 6.72. The van der Waals surface area contributed by atoms with Crippen LogP contribution >= 0.6 is 0 Å². The van der Waals surface area contributed by atoms with E-state index < -0.39 is 17.3 Å². The van der Waals surface area contributed by atoms with Crippen molar-refractivity contribution in [1.82, 2.24) is 0 Å². The first kappa shape index (κ1) is 12.1. The molecule has 4 rings (SSSR count). The largest absolute Gasteiger partial charge is 0.296 e. The van der Waals surface area contributed by atoms with Crippen molar-refractivity contribution in [2.24, 2.45) is 0 Å². The average molecular weight is 278 g/mol. The molecule has 2 heterocycles. The SMILES string of the molecule is C[C@]12c3cccc(F)c3C(=O)N1c1ccccc1[C@H]2C#N. The van der Waals surface area contributed by atoms with Gasteiger partial charge >= 0.3 is 0 Å². The normalized spacial score (nSPS) is 25.3. The van der Waals surface area contributed by atoms with Crippen molar-refractivity contribution in [3.8, 4) is 6.07 Å². The van der Waals surface area contributed by atoms with Gasteiger partial charge in [0.25, 0.3) is 5.91 Å². The number of rotatable bonds is 0. The molecular formula is C17H11FN2O. The molecule has 2 aromatic carbocycles. The quantitative estimate of drug-likeness (QED) is 0.742. The first-order valence-electron chi connectivity index (χ1n) is 6.72. The number of nitrogens with zero attached hydrogens (tertiary/aromatic N) is 2. The molecule has 1 amide bonds. The molecule has 0 aromatic heterocycles. The Kier molecular flexibility index (Phi) is 2.13. The number of halogens is 1. The van der Waals surface area contributed by atoms with Crippen LogP contribution in [0.15, 0.2) is 42.5 Å². The fourth-order valence-electron chi connectivity index (χ4n) is 3.68. The summed E-state index contributed by atoms with van der Waals surface area (Å²) >= 11 is 0. The van der Waals surface area contributed by atoms with Crippen molar-refractivity contribution in [3.05, 3.63) is 65.0 Å². The highest BCUT2D eigenvalue weighted by Crippen LogP contribution is 2.57. The number of anilines is 1. The summed E-state index contributed by atoms with van der Waals surface area (Å²) in [5.74, 6) is -1.39. The molecule has 2 aromatic rings. The van der Waals surface area contributed by atoms with Gasteiger partial charge in [0.1, 0.15) is 11.7 Å². The third-order valence-corrected chi connectivity index (χ3v) is 4.62. The van der Waals surface area contributed by atoms with Crippen LogP contribution in [0.4, 0.5) is 10.1 Å². The molecule has 0 N–H and O–H groups in total. The summed E-state index contributed by atoms with van der Waals surface area (Å²) in [6.45, 7) is 1.84. The monoisotopic (exact) mass is 278 g/mol. The number of amides is 1. The van der Waals surface area contributed by atoms with Gasteiger partial charge in [-0.3, -0.25) is 9.69 Å². The molecule has 0 saturated heterocycles. The van der Waals surface area contributed by atoms with Crippen molar-refractivity contribution in [2.75, 3.05) is 4.90 Å². The predicted molar refractivity (Wildman–Crippen MR) is 75.4 cm³/mol. The van der Waals surface area contributed by atoms with E-state index in [1.54, 1.807) is 17.0 Å². The van der Waals surface area contributed by atoms with Crippen molar-refractivity contribution < 1.29 is 9.18 Å². The molecule has 0 saturated carbocycles. The number of nitriles is 1. The van der Waals surface area contributed by atoms with E-state index in [-0.39, 0.29) is 11.5 Å². The highest BCUT2D eigenvalue weighted by atomic mass is 19.1. The second kappa shape index (κ2) is 3.70. The summed E-state index contributed by atoms with van der Waals surface area (Å²) in [5, 5.41) is 9.62. The number of para-hydroxylation sites is 1. The van der Waals surface area contributed by atoms with E-state index in [1.807, 2.05) is 31.2 Å². The standard InChI is InChI=1S/C17H11FN2O/c1-17-11-6-4-7-13(18)15(11)16(21)20(17)14-8-3-2-5-10(14)12(17)9-19/h2-8,12H,1H3/t12-,17-/m1/s1. The Hall–Kier alpha value is -2.67. The molecular weight excluding hydrogens is 267 g/mol. The van der Waals surface area contributed by atoms with Crippen molar-refractivity contribution >= 4 is 11.6 Å². The zero-order chi connectivity index (χ0) is 14.8. The van der Waals surface area contributed by atoms with Crippen LogP contribution in [-0.2, 0) is 5.54 Å². The number of carbonyl (C=O) groups is 1. The van der Waals surface area contributed by atoms with Crippen LogP contribution in [0, 0.1) is 17.1 Å². The molecule has 0 spiro atoms. The van der Waals surface area contributed by atoms with Gasteiger partial charge in [0.2, 0.25) is 0 Å². The Morgan fingerprint density at radius 2 is 2.00 bits per heavy atom. The molecule has 2 aliphatic rings. The van der Waals surface area contributed by atoms with Crippen LogP contribution in [-0.4, -0.2) is 5.91 Å². The van der Waals surface area contributed by atoms with E-state index >= 15 is 0 Å². The van der Waals surface area contributed by atoms with E-state index in [0.717, 1.165) is 5.56 Å². The second-order valence-corrected chi connectivity index (χ2v) is 5.57. The van der Waals surface area contributed by atoms with Gasteiger partial charge < -0.3 is 0 Å². The Balaban J connectivity index is 2.09. The Bertz CT molecular complexity index is 839. The predicted octanol–water partition coefficient (Wildman–Crippen LogP) is 3.32. The van der Waals surface area contributed by atoms with Gasteiger partial charge in [-0.2, -0.15) is 5.26 Å². The van der Waals surface area contributed by atoms with E-state index in [2.05, 4.69) is 6.07 Å². The highest BCUT2D eigenvalue weighted by molar-refractivity contribution is 6.14. The van der Waals surface area contributed by atoms with Gasteiger partial charge in [0.05, 0.1) is 17.2 Å². The lowest BCUT2D eigenvalue weighted by atomic mass is 9.79. The van der Waals surface area contributed by atoms with Crippen LogP contribution in [0.25, 0.3) is 0 Å². The van der Waals surface area contributed by atoms with Crippen LogP contribution < -0.4 is 4.90 Å². The molecule has 0 bridgehead atoms. The minimum Gasteiger partial charge on any atom is -0.296 e. The number of carbonyl (C=O) groups excluding carboxylic acids is 1. The van der Waals surface area contributed by atoms with Gasteiger partial charge in [-0.15, -0.1) is 0 Å². The lowest BCUT2D eigenvalue weighted by molar-refractivity contribution is 0.0979. The molecule has 102 valence electrons. The zero-order valence-corrected chi connectivity index (χ0v) is 11.3. The molecule has 2 atom stereocenters. The number of fused-ring (bicyclic) bond motifs is 5. The summed E-state index contributed by atoms with van der Waals surface area (Å²) in [5.41, 5.74) is 1.37. The molecule has 21 heavy (non-hydrogen) atoms. The maximum Gasteiger partial charge on any atom is 0.262 e. The molecule has 0 radical (unpaired) electrons. The molecule has 0 fully saturated rings. The number of benzene rings is 2. The van der Waals surface area contributed by atoms with Crippen molar-refractivity contribution in [2.45, 2.75) is 18.4 Å². The fraction of sp³-hybridized carbons (Fsp3) is 0.176. The van der Waals surface area contributed by atoms with Crippen LogP contribution in [0.3, 0.4) is 0 Å². The molecule has 4 heteroatoms. The minimum absolute atomic E-state index is 0.0924. The summed E-state index contributed by atoms with van der Waals surface area (Å²) in [6.07, 6.45) is 0. The van der Waals surface area contributed by atoms with Crippen LogP contribution in [0.2, 0.25) is 0 Å². The van der Waals surface area contributed by atoms with Gasteiger partial charge in [-0.25, -0.2) is 4.39 Å². The summed E-state index contributed by atoms with van der Waals surface area (Å²) in [6, 6.07) is 14.3. The van der Waals surface area contributed by atoms with Gasteiger partial charge in [0.15, 0.2) is 0 Å². The number of hydrogen-bond donors (Lipinski definition) is 0. The summed E-state index contributed by atoms with van der Waals surface area (Å²) in [7, 11) is 0. The summed E-state index contributed by atoms with van der Waals surface area (Å²) < 4.78 is 14.1. The maximum absolute atomic E-state index is 14.1. The molecule has 0 aliphatic carbocycles. The van der Waals surface area contributed by atoms with Crippen molar-refractivity contribution in [1.29, 1.82) is 5.26 Å². The Morgan fingerprint density at radius 3 is 2.76 bits per heavy atom. The van der Waals surface area contributed by atoms with E-state index in [9.17, 15) is 14.4 Å². The average Bonchev–Trinajstić information content (AvgIpc) is 2.87. The first-order chi connectivity index (χ1) is 10.1. The smallest absolute Gasteiger partial charge is 0.262 e. The van der Waals surface area contributed by atoms with E-state index in [4.69, 9.17) is 0 Å².